The fourth-order valence-corrected chi connectivity index (χ4v) is 1.21. The molecular weight excluding hydrogens is 180 g/mol. The lowest BCUT2D eigenvalue weighted by Gasteiger charge is -2.15. The van der Waals surface area contributed by atoms with Gasteiger partial charge in [-0.15, -0.1) is 0 Å². The molecule has 1 rings (SSSR count). The summed E-state index contributed by atoms with van der Waals surface area (Å²) < 4.78 is 15.6. The highest BCUT2D eigenvalue weighted by molar-refractivity contribution is 5.27. The third-order valence-electron chi connectivity index (χ3n) is 1.92. The average molecular weight is 196 g/mol. The van der Waals surface area contributed by atoms with Gasteiger partial charge in [0.2, 0.25) is 0 Å². The molecule has 0 fully saturated rings. The van der Waals surface area contributed by atoms with Crippen molar-refractivity contribution >= 4 is 0 Å². The van der Waals surface area contributed by atoms with E-state index in [2.05, 4.69) is 0 Å². The molecule has 78 valence electrons. The smallest absolute Gasteiger partial charge is 0.183 e. The Hall–Kier alpha value is -1.06. The quantitative estimate of drug-likeness (QED) is 0.677. The van der Waals surface area contributed by atoms with E-state index >= 15 is 0 Å². The summed E-state index contributed by atoms with van der Waals surface area (Å²) in [4.78, 5) is 0. The van der Waals surface area contributed by atoms with E-state index in [0.717, 1.165) is 11.3 Å². The van der Waals surface area contributed by atoms with Crippen molar-refractivity contribution in [3.05, 3.63) is 29.8 Å². The monoisotopic (exact) mass is 196 g/mol. The Labute approximate surface area is 84.6 Å². The minimum atomic E-state index is -0.286. The van der Waals surface area contributed by atoms with Gasteiger partial charge in [-0.2, -0.15) is 0 Å². The Morgan fingerprint density at radius 3 is 2.21 bits per heavy atom. The molecule has 0 aliphatic heterocycles. The summed E-state index contributed by atoms with van der Waals surface area (Å²) in [6.07, 6.45) is -0.286. The Kier molecular flexibility index (Phi) is 4.43. The van der Waals surface area contributed by atoms with Crippen LogP contribution in [0.1, 0.15) is 18.8 Å². The topological polar surface area (TPSA) is 27.7 Å². The molecule has 1 unspecified atom stereocenters. The number of ether oxygens (including phenoxy) is 3. The van der Waals surface area contributed by atoms with Gasteiger partial charge in [-0.25, -0.2) is 0 Å². The van der Waals surface area contributed by atoms with Gasteiger partial charge in [-0.3, -0.25) is 0 Å². The molecule has 14 heavy (non-hydrogen) atoms. The third kappa shape index (κ3) is 2.72. The molecule has 0 aliphatic carbocycles. The number of hydrogen-bond acceptors (Lipinski definition) is 3. The van der Waals surface area contributed by atoms with E-state index in [4.69, 9.17) is 14.2 Å². The van der Waals surface area contributed by atoms with Gasteiger partial charge in [0.15, 0.2) is 6.29 Å². The van der Waals surface area contributed by atoms with Gasteiger partial charge in [-0.1, -0.05) is 12.1 Å². The van der Waals surface area contributed by atoms with Gasteiger partial charge in [0, 0.05) is 19.3 Å². The molecule has 0 N–H and O–H groups in total. The Morgan fingerprint density at radius 2 is 1.79 bits per heavy atom. The van der Waals surface area contributed by atoms with Crippen molar-refractivity contribution in [1.29, 1.82) is 0 Å². The predicted octanol–water partition coefficient (Wildman–Crippen LogP) is 2.38. The fraction of sp³-hybridized carbons (Fsp3) is 0.455. The van der Waals surface area contributed by atoms with E-state index in [0.29, 0.717) is 6.61 Å². The Morgan fingerprint density at radius 1 is 1.14 bits per heavy atom. The summed E-state index contributed by atoms with van der Waals surface area (Å²) >= 11 is 0. The number of hydrogen-bond donors (Lipinski definition) is 0. The summed E-state index contributed by atoms with van der Waals surface area (Å²) in [5.41, 5.74) is 0.996. The van der Waals surface area contributed by atoms with Crippen LogP contribution in [-0.2, 0) is 9.47 Å². The van der Waals surface area contributed by atoms with E-state index < -0.39 is 0 Å². The maximum absolute atomic E-state index is 5.39. The van der Waals surface area contributed by atoms with Gasteiger partial charge >= 0.3 is 0 Å². The molecule has 3 nitrogen and oxygen atoms in total. The van der Waals surface area contributed by atoms with E-state index in [-0.39, 0.29) is 6.29 Å². The van der Waals surface area contributed by atoms with Crippen LogP contribution in [0.15, 0.2) is 24.3 Å². The van der Waals surface area contributed by atoms with Crippen LogP contribution in [0.5, 0.6) is 5.75 Å². The van der Waals surface area contributed by atoms with E-state index in [1.54, 1.807) is 14.2 Å². The van der Waals surface area contributed by atoms with E-state index in [9.17, 15) is 0 Å². The van der Waals surface area contributed by atoms with Crippen LogP contribution < -0.4 is 4.74 Å². The summed E-state index contributed by atoms with van der Waals surface area (Å²) in [5, 5.41) is 0. The molecule has 0 bridgehead atoms. The first-order valence-corrected chi connectivity index (χ1v) is 4.60. The van der Waals surface area contributed by atoms with Crippen molar-refractivity contribution in [1.82, 2.24) is 0 Å². The normalized spacial score (nSPS) is 12.5. The molecule has 0 aliphatic rings. The maximum Gasteiger partial charge on any atom is 0.183 e. The molecule has 3 heteroatoms. The van der Waals surface area contributed by atoms with Crippen molar-refractivity contribution in [3.8, 4) is 5.75 Å². The van der Waals surface area contributed by atoms with Crippen LogP contribution in [-0.4, -0.2) is 20.8 Å². The van der Waals surface area contributed by atoms with Crippen molar-refractivity contribution in [2.75, 3.05) is 20.8 Å². The highest BCUT2D eigenvalue weighted by atomic mass is 16.7. The molecule has 0 aromatic heterocycles. The number of methoxy groups -OCH3 is 2. The zero-order valence-electron chi connectivity index (χ0n) is 8.82. The first kappa shape index (κ1) is 11.0. The highest BCUT2D eigenvalue weighted by Crippen LogP contribution is 2.20. The summed E-state index contributed by atoms with van der Waals surface area (Å²) in [7, 11) is 3.27. The third-order valence-corrected chi connectivity index (χ3v) is 1.92. The van der Waals surface area contributed by atoms with Gasteiger partial charge in [0.05, 0.1) is 7.11 Å². The maximum atomic E-state index is 5.39. The summed E-state index contributed by atoms with van der Waals surface area (Å²) in [6.45, 7) is 2.57. The zero-order chi connectivity index (χ0) is 10.4. The lowest BCUT2D eigenvalue weighted by molar-refractivity contribution is -0.124. The van der Waals surface area contributed by atoms with Crippen molar-refractivity contribution in [2.45, 2.75) is 13.2 Å². The Balaban J connectivity index is 2.73. The van der Waals surface area contributed by atoms with Gasteiger partial charge < -0.3 is 14.2 Å². The molecular formula is C11H16O3. The summed E-state index contributed by atoms with van der Waals surface area (Å²) in [5.74, 6) is 0.833. The minimum Gasteiger partial charge on any atom is -0.497 e. The molecule has 0 radical (unpaired) electrons. The van der Waals surface area contributed by atoms with Crippen LogP contribution in [0.2, 0.25) is 0 Å². The molecule has 1 atom stereocenters. The molecule has 0 heterocycles. The van der Waals surface area contributed by atoms with Crippen molar-refractivity contribution in [2.24, 2.45) is 0 Å². The summed E-state index contributed by atoms with van der Waals surface area (Å²) in [6, 6.07) is 7.64. The zero-order valence-corrected chi connectivity index (χ0v) is 8.82. The van der Waals surface area contributed by atoms with Crippen LogP contribution in [0.3, 0.4) is 0 Å². The standard InChI is InChI=1S/C11H16O3/c1-4-14-11(13-3)9-5-7-10(12-2)8-6-9/h5-8,11H,4H2,1-3H3. The highest BCUT2D eigenvalue weighted by Gasteiger charge is 2.08. The largest absolute Gasteiger partial charge is 0.497 e. The second-order valence-electron chi connectivity index (χ2n) is 2.80. The van der Waals surface area contributed by atoms with E-state index in [1.165, 1.54) is 0 Å². The van der Waals surface area contributed by atoms with Crippen molar-refractivity contribution < 1.29 is 14.2 Å². The van der Waals surface area contributed by atoms with Gasteiger partial charge in [-0.05, 0) is 19.1 Å². The second-order valence-corrected chi connectivity index (χ2v) is 2.80. The van der Waals surface area contributed by atoms with E-state index in [1.807, 2.05) is 31.2 Å². The Bertz CT molecular complexity index is 256. The molecule has 0 saturated carbocycles. The molecule has 0 spiro atoms. The van der Waals surface area contributed by atoms with Crippen molar-refractivity contribution in [3.63, 3.8) is 0 Å². The van der Waals surface area contributed by atoms with Crippen LogP contribution >= 0.6 is 0 Å². The van der Waals surface area contributed by atoms with Crippen LogP contribution in [0.4, 0.5) is 0 Å². The first-order valence-electron chi connectivity index (χ1n) is 4.60. The first-order chi connectivity index (χ1) is 6.81. The SMILES string of the molecule is CCOC(OC)c1ccc(OC)cc1. The molecule has 1 aromatic rings. The van der Waals surface area contributed by atoms with Crippen LogP contribution in [0, 0.1) is 0 Å². The van der Waals surface area contributed by atoms with Gasteiger partial charge in [0.1, 0.15) is 5.75 Å². The average Bonchev–Trinajstić information content (AvgIpc) is 2.26. The fourth-order valence-electron chi connectivity index (χ4n) is 1.21. The predicted molar refractivity (Wildman–Crippen MR) is 54.4 cm³/mol. The molecule has 1 aromatic carbocycles. The number of benzene rings is 1. The lowest BCUT2D eigenvalue weighted by Crippen LogP contribution is -2.06. The lowest BCUT2D eigenvalue weighted by atomic mass is 10.2. The van der Waals surface area contributed by atoms with Gasteiger partial charge in [0.25, 0.3) is 0 Å². The number of rotatable bonds is 5. The second kappa shape index (κ2) is 5.62. The van der Waals surface area contributed by atoms with Crippen LogP contribution in [0.25, 0.3) is 0 Å². The molecule has 0 amide bonds. The minimum absolute atomic E-state index is 0.286. The molecule has 0 saturated heterocycles.